The average Bonchev–Trinajstić information content (AvgIpc) is 2.29. The smallest absolute Gasteiger partial charge is 0.0720 e. The van der Waals surface area contributed by atoms with E-state index in [2.05, 4.69) is 12.6 Å². The average molecular weight is 205 g/mol. The molecule has 2 N–H and O–H groups in total. The van der Waals surface area contributed by atoms with E-state index in [0.29, 0.717) is 13.2 Å². The Balaban J connectivity index is 2.33. The number of rotatable bonds is 7. The van der Waals surface area contributed by atoms with Gasteiger partial charge in [0.25, 0.3) is 0 Å². The van der Waals surface area contributed by atoms with E-state index in [0.717, 1.165) is 19.4 Å². The van der Waals surface area contributed by atoms with Crippen LogP contribution in [0.5, 0.6) is 0 Å². The summed E-state index contributed by atoms with van der Waals surface area (Å²) in [7, 11) is 0. The van der Waals surface area contributed by atoms with Gasteiger partial charge in [-0.25, -0.2) is 0 Å². The summed E-state index contributed by atoms with van der Waals surface area (Å²) in [5.41, 5.74) is 7.99. The molecule has 0 aliphatic carbocycles. The normalized spacial score (nSPS) is 10.2. The van der Waals surface area contributed by atoms with Crippen molar-refractivity contribution in [3.05, 3.63) is 48.0 Å². The Bertz CT molecular complexity index is 296. The lowest BCUT2D eigenvalue weighted by molar-refractivity contribution is 0.118. The van der Waals surface area contributed by atoms with Gasteiger partial charge in [0.1, 0.15) is 0 Å². The Morgan fingerprint density at radius 2 is 2.00 bits per heavy atom. The van der Waals surface area contributed by atoms with Crippen LogP contribution in [0, 0.1) is 0 Å². The summed E-state index contributed by atoms with van der Waals surface area (Å²) in [4.78, 5) is 0. The molecule has 0 spiro atoms. The second-order valence-electron chi connectivity index (χ2n) is 3.46. The fourth-order valence-electron chi connectivity index (χ4n) is 1.41. The third-order valence-corrected chi connectivity index (χ3v) is 2.29. The first kappa shape index (κ1) is 12.0. The molecule has 15 heavy (non-hydrogen) atoms. The van der Waals surface area contributed by atoms with E-state index in [-0.39, 0.29) is 0 Å². The molecule has 1 aromatic rings. The van der Waals surface area contributed by atoms with Gasteiger partial charge in [-0.15, -0.1) is 6.58 Å². The Morgan fingerprint density at radius 3 is 2.67 bits per heavy atom. The van der Waals surface area contributed by atoms with Crippen LogP contribution >= 0.6 is 0 Å². The van der Waals surface area contributed by atoms with Crippen LogP contribution in [0.25, 0.3) is 0 Å². The SMILES string of the molecule is C=CCCCOCc1ccccc1CN. The summed E-state index contributed by atoms with van der Waals surface area (Å²) in [5, 5.41) is 0. The molecular weight excluding hydrogens is 186 g/mol. The van der Waals surface area contributed by atoms with Crippen molar-refractivity contribution in [2.45, 2.75) is 26.0 Å². The van der Waals surface area contributed by atoms with Crippen molar-refractivity contribution in [1.82, 2.24) is 0 Å². The Labute approximate surface area is 91.7 Å². The topological polar surface area (TPSA) is 35.2 Å². The highest BCUT2D eigenvalue weighted by molar-refractivity contribution is 5.26. The van der Waals surface area contributed by atoms with Gasteiger partial charge in [-0.05, 0) is 24.0 Å². The molecule has 0 heterocycles. The highest BCUT2D eigenvalue weighted by Crippen LogP contribution is 2.09. The molecule has 0 aromatic heterocycles. The molecule has 0 unspecified atom stereocenters. The predicted molar refractivity (Wildman–Crippen MR) is 63.4 cm³/mol. The maximum atomic E-state index is 5.63. The van der Waals surface area contributed by atoms with Gasteiger partial charge in [-0.1, -0.05) is 30.3 Å². The largest absolute Gasteiger partial charge is 0.377 e. The fourth-order valence-corrected chi connectivity index (χ4v) is 1.41. The maximum Gasteiger partial charge on any atom is 0.0720 e. The zero-order valence-corrected chi connectivity index (χ0v) is 9.11. The summed E-state index contributed by atoms with van der Waals surface area (Å²) in [6.07, 6.45) is 3.96. The first-order valence-corrected chi connectivity index (χ1v) is 5.34. The van der Waals surface area contributed by atoms with Gasteiger partial charge in [0.2, 0.25) is 0 Å². The highest BCUT2D eigenvalue weighted by Gasteiger charge is 1.99. The summed E-state index contributed by atoms with van der Waals surface area (Å²) in [5.74, 6) is 0. The molecule has 0 atom stereocenters. The maximum absolute atomic E-state index is 5.63. The van der Waals surface area contributed by atoms with Gasteiger partial charge < -0.3 is 10.5 Å². The van der Waals surface area contributed by atoms with Gasteiger partial charge in [0.15, 0.2) is 0 Å². The van der Waals surface area contributed by atoms with Crippen LogP contribution in [0.15, 0.2) is 36.9 Å². The zero-order valence-electron chi connectivity index (χ0n) is 9.11. The van der Waals surface area contributed by atoms with E-state index >= 15 is 0 Å². The molecule has 0 saturated carbocycles. The molecule has 0 fully saturated rings. The Hall–Kier alpha value is -1.12. The van der Waals surface area contributed by atoms with E-state index in [4.69, 9.17) is 10.5 Å². The van der Waals surface area contributed by atoms with Crippen molar-refractivity contribution in [2.75, 3.05) is 6.61 Å². The molecule has 0 aliphatic rings. The minimum atomic E-state index is 0.576. The molecule has 1 rings (SSSR count). The predicted octanol–water partition coefficient (Wildman–Crippen LogP) is 2.63. The number of hydrogen-bond donors (Lipinski definition) is 1. The van der Waals surface area contributed by atoms with E-state index in [1.807, 2.05) is 24.3 Å². The minimum absolute atomic E-state index is 0.576. The van der Waals surface area contributed by atoms with Gasteiger partial charge in [0.05, 0.1) is 6.61 Å². The highest BCUT2D eigenvalue weighted by atomic mass is 16.5. The van der Waals surface area contributed by atoms with E-state index in [1.54, 1.807) is 0 Å². The molecular formula is C13H19NO. The lowest BCUT2D eigenvalue weighted by Gasteiger charge is -2.07. The van der Waals surface area contributed by atoms with Crippen molar-refractivity contribution in [3.63, 3.8) is 0 Å². The molecule has 0 radical (unpaired) electrons. The first-order valence-electron chi connectivity index (χ1n) is 5.34. The van der Waals surface area contributed by atoms with Crippen LogP contribution in [0.4, 0.5) is 0 Å². The Kier molecular flexibility index (Phi) is 5.74. The van der Waals surface area contributed by atoms with Crippen molar-refractivity contribution in [3.8, 4) is 0 Å². The first-order chi connectivity index (χ1) is 7.38. The van der Waals surface area contributed by atoms with Crippen LogP contribution in [-0.4, -0.2) is 6.61 Å². The van der Waals surface area contributed by atoms with Crippen molar-refractivity contribution >= 4 is 0 Å². The molecule has 0 saturated heterocycles. The summed E-state index contributed by atoms with van der Waals surface area (Å²) < 4.78 is 5.56. The summed E-state index contributed by atoms with van der Waals surface area (Å²) in [6.45, 7) is 5.69. The Morgan fingerprint density at radius 1 is 1.27 bits per heavy atom. The molecule has 0 aliphatic heterocycles. The van der Waals surface area contributed by atoms with Crippen LogP contribution in [0.3, 0.4) is 0 Å². The van der Waals surface area contributed by atoms with Gasteiger partial charge in [-0.3, -0.25) is 0 Å². The molecule has 2 nitrogen and oxygen atoms in total. The number of allylic oxidation sites excluding steroid dienone is 1. The summed E-state index contributed by atoms with van der Waals surface area (Å²) in [6, 6.07) is 8.13. The van der Waals surface area contributed by atoms with E-state index in [1.165, 1.54) is 11.1 Å². The number of hydrogen-bond acceptors (Lipinski definition) is 2. The van der Waals surface area contributed by atoms with Crippen LogP contribution in [-0.2, 0) is 17.9 Å². The molecule has 1 aromatic carbocycles. The fraction of sp³-hybridized carbons (Fsp3) is 0.385. The van der Waals surface area contributed by atoms with Gasteiger partial charge in [0, 0.05) is 13.2 Å². The second-order valence-corrected chi connectivity index (χ2v) is 3.46. The lowest BCUT2D eigenvalue weighted by Crippen LogP contribution is -2.03. The van der Waals surface area contributed by atoms with Crippen LogP contribution < -0.4 is 5.73 Å². The van der Waals surface area contributed by atoms with E-state index < -0.39 is 0 Å². The van der Waals surface area contributed by atoms with Crippen LogP contribution in [0.1, 0.15) is 24.0 Å². The third-order valence-electron chi connectivity index (χ3n) is 2.29. The standard InChI is InChI=1S/C13H19NO/c1-2-3-6-9-15-11-13-8-5-4-7-12(13)10-14/h2,4-5,7-8H,1,3,6,9-11,14H2. The lowest BCUT2D eigenvalue weighted by atomic mass is 10.1. The molecule has 0 amide bonds. The van der Waals surface area contributed by atoms with E-state index in [9.17, 15) is 0 Å². The van der Waals surface area contributed by atoms with Gasteiger partial charge in [-0.2, -0.15) is 0 Å². The monoisotopic (exact) mass is 205 g/mol. The number of ether oxygens (including phenoxy) is 1. The number of nitrogens with two attached hydrogens (primary N) is 1. The second kappa shape index (κ2) is 7.21. The minimum Gasteiger partial charge on any atom is -0.377 e. The molecule has 0 bridgehead atoms. The number of unbranched alkanes of at least 4 members (excludes halogenated alkanes) is 1. The van der Waals surface area contributed by atoms with Gasteiger partial charge >= 0.3 is 0 Å². The van der Waals surface area contributed by atoms with Crippen molar-refractivity contribution in [2.24, 2.45) is 5.73 Å². The van der Waals surface area contributed by atoms with Crippen molar-refractivity contribution in [1.29, 1.82) is 0 Å². The number of benzene rings is 1. The molecule has 2 heteroatoms. The van der Waals surface area contributed by atoms with Crippen LogP contribution in [0.2, 0.25) is 0 Å². The molecule has 82 valence electrons. The summed E-state index contributed by atoms with van der Waals surface area (Å²) >= 11 is 0. The quantitative estimate of drug-likeness (QED) is 0.548. The zero-order chi connectivity index (χ0) is 10.9. The third kappa shape index (κ3) is 4.28. The van der Waals surface area contributed by atoms with Crippen molar-refractivity contribution < 1.29 is 4.74 Å².